The lowest BCUT2D eigenvalue weighted by atomic mass is 10.1. The normalized spacial score (nSPS) is 10.4. The number of ether oxygens (including phenoxy) is 2. The van der Waals surface area contributed by atoms with E-state index < -0.39 is 11.9 Å². The number of benzene rings is 2. The van der Waals surface area contributed by atoms with Gasteiger partial charge in [0.15, 0.2) is 5.75 Å². The van der Waals surface area contributed by atoms with Crippen LogP contribution in [-0.2, 0) is 9.59 Å². The summed E-state index contributed by atoms with van der Waals surface area (Å²) in [6, 6.07) is 7.39. The Morgan fingerprint density at radius 3 is 2.35 bits per heavy atom. The lowest BCUT2D eigenvalue weighted by molar-refractivity contribution is -0.132. The van der Waals surface area contributed by atoms with Crippen molar-refractivity contribution in [2.45, 2.75) is 25.7 Å². The monoisotopic (exact) mass is 330 g/mol. The predicted molar refractivity (Wildman–Crippen MR) is 92.2 cm³/mol. The number of esters is 2. The zero-order valence-electron chi connectivity index (χ0n) is 13.6. The Labute approximate surface area is 139 Å². The van der Waals surface area contributed by atoms with E-state index >= 15 is 0 Å². The molecule has 0 atom stereocenters. The minimum Gasteiger partial charge on any atom is -0.426 e. The van der Waals surface area contributed by atoms with Gasteiger partial charge in [-0.25, -0.2) is 4.79 Å². The van der Waals surface area contributed by atoms with E-state index in [0.717, 1.165) is 10.9 Å². The maximum atomic E-state index is 11.9. The first kappa shape index (κ1) is 17.1. The van der Waals surface area contributed by atoms with Crippen molar-refractivity contribution in [1.29, 1.82) is 0 Å². The highest BCUT2D eigenvalue weighted by molar-refractivity contribution is 7.98. The molecule has 0 saturated heterocycles. The van der Waals surface area contributed by atoms with Gasteiger partial charge in [0.2, 0.25) is 0 Å². The number of rotatable bonds is 4. The van der Waals surface area contributed by atoms with Gasteiger partial charge in [0, 0.05) is 23.3 Å². The Balaban J connectivity index is 2.73. The van der Waals surface area contributed by atoms with Crippen LogP contribution in [-0.4, -0.2) is 18.2 Å². The van der Waals surface area contributed by atoms with Gasteiger partial charge in [0.25, 0.3) is 0 Å². The number of thioether (sulfide) groups is 1. The quantitative estimate of drug-likeness (QED) is 0.362. The molecular weight excluding hydrogens is 312 g/mol. The molecule has 0 fully saturated rings. The first-order valence-electron chi connectivity index (χ1n) is 7.01. The van der Waals surface area contributed by atoms with Gasteiger partial charge in [-0.05, 0) is 32.2 Å². The third kappa shape index (κ3) is 3.74. The van der Waals surface area contributed by atoms with Crippen LogP contribution < -0.4 is 9.47 Å². The molecule has 0 radical (unpaired) electrons. The molecule has 0 aliphatic rings. The molecule has 0 N–H and O–H groups in total. The molecule has 0 bridgehead atoms. The fourth-order valence-electron chi connectivity index (χ4n) is 2.13. The smallest absolute Gasteiger partial charge is 0.338 e. The fourth-order valence-corrected chi connectivity index (χ4v) is 2.69. The molecule has 2 aromatic carbocycles. The largest absolute Gasteiger partial charge is 0.426 e. The summed E-state index contributed by atoms with van der Waals surface area (Å²) in [4.78, 5) is 24.0. The second kappa shape index (κ2) is 6.87. The highest BCUT2D eigenvalue weighted by Crippen LogP contribution is 2.41. The zero-order valence-corrected chi connectivity index (χ0v) is 14.4. The summed E-state index contributed by atoms with van der Waals surface area (Å²) in [6.45, 7) is 8.51. The van der Waals surface area contributed by atoms with Crippen molar-refractivity contribution in [2.75, 3.05) is 6.26 Å². The van der Waals surface area contributed by atoms with Crippen LogP contribution in [0.5, 0.6) is 11.5 Å². The fraction of sp³-hybridized carbons (Fsp3) is 0.222. The Morgan fingerprint density at radius 2 is 1.78 bits per heavy atom. The summed E-state index contributed by atoms with van der Waals surface area (Å²) >= 11 is 1.41. The van der Waals surface area contributed by atoms with E-state index in [9.17, 15) is 9.59 Å². The molecule has 0 aliphatic carbocycles. The van der Waals surface area contributed by atoms with Crippen molar-refractivity contribution in [3.63, 3.8) is 0 Å². The van der Waals surface area contributed by atoms with Crippen LogP contribution in [0.25, 0.3) is 10.8 Å². The van der Waals surface area contributed by atoms with Gasteiger partial charge >= 0.3 is 11.9 Å². The molecule has 0 saturated carbocycles. The van der Waals surface area contributed by atoms with Crippen LogP contribution in [0, 0.1) is 6.92 Å². The molecule has 2 aromatic rings. The van der Waals surface area contributed by atoms with E-state index in [2.05, 4.69) is 6.58 Å². The van der Waals surface area contributed by atoms with Crippen molar-refractivity contribution in [2.24, 2.45) is 0 Å². The summed E-state index contributed by atoms with van der Waals surface area (Å²) in [5, 5.41) is 1.44. The second-order valence-corrected chi connectivity index (χ2v) is 6.07. The summed E-state index contributed by atoms with van der Waals surface area (Å²) in [6.07, 6.45) is 1.87. The summed E-state index contributed by atoms with van der Waals surface area (Å²) in [5.41, 5.74) is 1.33. The standard InChI is InChI=1S/C18H18O4S/c1-10(2)18(20)22-17-13-7-6-11(3)8-14(13)15(21-12(4)19)9-16(17)23-5/h6-9H,1H2,2-5H3. The zero-order chi connectivity index (χ0) is 17.1. The van der Waals surface area contributed by atoms with Crippen LogP contribution >= 0.6 is 11.8 Å². The Morgan fingerprint density at radius 1 is 1.09 bits per heavy atom. The lowest BCUT2D eigenvalue weighted by Crippen LogP contribution is -2.10. The van der Waals surface area contributed by atoms with Gasteiger partial charge in [-0.2, -0.15) is 0 Å². The number of carbonyl (C=O) groups is 2. The van der Waals surface area contributed by atoms with Gasteiger partial charge in [0.05, 0.1) is 4.90 Å². The first-order chi connectivity index (χ1) is 10.8. The summed E-state index contributed by atoms with van der Waals surface area (Å²) in [5.74, 6) is 0.0287. The van der Waals surface area contributed by atoms with Gasteiger partial charge < -0.3 is 9.47 Å². The molecule has 23 heavy (non-hydrogen) atoms. The van der Waals surface area contributed by atoms with Crippen molar-refractivity contribution < 1.29 is 19.1 Å². The number of hydrogen-bond acceptors (Lipinski definition) is 5. The van der Waals surface area contributed by atoms with Crippen LogP contribution in [0.15, 0.2) is 41.3 Å². The molecule has 0 spiro atoms. The van der Waals surface area contributed by atoms with Gasteiger partial charge in [-0.1, -0.05) is 24.3 Å². The minimum absolute atomic E-state index is 0.321. The average molecular weight is 330 g/mol. The van der Waals surface area contributed by atoms with E-state index in [1.165, 1.54) is 18.7 Å². The molecule has 0 aliphatic heterocycles. The van der Waals surface area contributed by atoms with Crippen LogP contribution in [0.3, 0.4) is 0 Å². The predicted octanol–water partition coefficient (Wildman–Crippen LogP) is 4.28. The Kier molecular flexibility index (Phi) is 5.11. The van der Waals surface area contributed by atoms with Crippen molar-refractivity contribution >= 4 is 34.5 Å². The highest BCUT2D eigenvalue weighted by Gasteiger charge is 2.18. The van der Waals surface area contributed by atoms with E-state index in [1.54, 1.807) is 13.0 Å². The summed E-state index contributed by atoms with van der Waals surface area (Å²) < 4.78 is 10.8. The lowest BCUT2D eigenvalue weighted by Gasteiger charge is -2.15. The van der Waals surface area contributed by atoms with Crippen LogP contribution in [0.4, 0.5) is 0 Å². The van der Waals surface area contributed by atoms with Crippen molar-refractivity contribution in [3.05, 3.63) is 42.0 Å². The Hall–Kier alpha value is -2.27. The molecule has 0 aromatic heterocycles. The van der Waals surface area contributed by atoms with E-state index in [-0.39, 0.29) is 0 Å². The summed E-state index contributed by atoms with van der Waals surface area (Å²) in [7, 11) is 0. The third-order valence-corrected chi connectivity index (χ3v) is 3.93. The first-order valence-corrected chi connectivity index (χ1v) is 8.23. The maximum Gasteiger partial charge on any atom is 0.338 e. The second-order valence-electron chi connectivity index (χ2n) is 5.22. The molecule has 0 heterocycles. The molecule has 120 valence electrons. The molecule has 4 nitrogen and oxygen atoms in total. The third-order valence-electron chi connectivity index (χ3n) is 3.19. The number of hydrogen-bond donors (Lipinski definition) is 0. The Bertz CT molecular complexity index is 808. The van der Waals surface area contributed by atoms with E-state index in [1.807, 2.05) is 31.4 Å². The molecular formula is C18H18O4S. The van der Waals surface area contributed by atoms with Crippen molar-refractivity contribution in [1.82, 2.24) is 0 Å². The minimum atomic E-state index is -0.484. The van der Waals surface area contributed by atoms with Crippen molar-refractivity contribution in [3.8, 4) is 11.5 Å². The van der Waals surface area contributed by atoms with Gasteiger partial charge in [-0.3, -0.25) is 4.79 Å². The number of carbonyl (C=O) groups excluding carboxylic acids is 2. The molecule has 2 rings (SSSR count). The van der Waals surface area contributed by atoms with Gasteiger partial charge in [0.1, 0.15) is 5.75 Å². The highest BCUT2D eigenvalue weighted by atomic mass is 32.2. The SMILES string of the molecule is C=C(C)C(=O)Oc1c(SC)cc(OC(C)=O)c2cc(C)ccc12. The topological polar surface area (TPSA) is 52.6 Å². The molecule has 5 heteroatoms. The van der Waals surface area contributed by atoms with Gasteiger partial charge in [-0.15, -0.1) is 11.8 Å². The van der Waals surface area contributed by atoms with E-state index in [4.69, 9.17) is 9.47 Å². The van der Waals surface area contributed by atoms with Crippen LogP contribution in [0.1, 0.15) is 19.4 Å². The molecule has 0 unspecified atom stereocenters. The van der Waals surface area contributed by atoms with Crippen LogP contribution in [0.2, 0.25) is 0 Å². The number of aryl methyl sites for hydroxylation is 1. The number of fused-ring (bicyclic) bond motifs is 1. The maximum absolute atomic E-state index is 11.9. The molecule has 0 amide bonds. The average Bonchev–Trinajstić information content (AvgIpc) is 2.48. The van der Waals surface area contributed by atoms with E-state index in [0.29, 0.717) is 27.4 Å².